The van der Waals surface area contributed by atoms with Crippen LogP contribution in [0.2, 0.25) is 0 Å². The summed E-state index contributed by atoms with van der Waals surface area (Å²) >= 11 is 0. The average molecular weight is 329 g/mol. The number of benzene rings is 1. The number of nitrogens with zero attached hydrogens (tertiary/aromatic N) is 1. The quantitative estimate of drug-likeness (QED) is 0.611. The van der Waals surface area contributed by atoms with Crippen molar-refractivity contribution >= 4 is 19.5 Å². The zero-order valence-electron chi connectivity index (χ0n) is 12.3. The van der Waals surface area contributed by atoms with Crippen LogP contribution in [0, 0.1) is 0 Å². The van der Waals surface area contributed by atoms with Gasteiger partial charge in [0.25, 0.3) is 0 Å². The van der Waals surface area contributed by atoms with E-state index in [-0.39, 0.29) is 6.10 Å². The smallest absolute Gasteiger partial charge is 0.369 e. The summed E-state index contributed by atoms with van der Waals surface area (Å²) in [6.07, 6.45) is 3.90. The number of anilines is 1. The highest BCUT2D eigenvalue weighted by atomic mass is 31.2. The lowest BCUT2D eigenvalue weighted by atomic mass is 10.2. The van der Waals surface area contributed by atoms with Crippen LogP contribution in [0.15, 0.2) is 30.3 Å². The Morgan fingerprint density at radius 1 is 1.27 bits per heavy atom. The fraction of sp³-hybridized carbons (Fsp3) is 0.500. The second kappa shape index (κ2) is 7.24. The van der Waals surface area contributed by atoms with Gasteiger partial charge in [-0.2, -0.15) is 0 Å². The minimum atomic E-state index is -4.87. The second-order valence-corrected chi connectivity index (χ2v) is 6.41. The van der Waals surface area contributed by atoms with Crippen molar-refractivity contribution in [3.63, 3.8) is 0 Å². The topological polar surface area (TPSA) is 96.3 Å². The van der Waals surface area contributed by atoms with Gasteiger partial charge in [0.1, 0.15) is 0 Å². The van der Waals surface area contributed by atoms with Gasteiger partial charge in [0.05, 0.1) is 11.8 Å². The molecule has 2 N–H and O–H groups in total. The molecule has 1 aromatic rings. The highest BCUT2D eigenvalue weighted by Gasteiger charge is 2.32. The van der Waals surface area contributed by atoms with E-state index in [0.29, 0.717) is 5.69 Å². The van der Waals surface area contributed by atoms with Gasteiger partial charge >= 0.3 is 13.8 Å². The summed E-state index contributed by atoms with van der Waals surface area (Å²) in [4.78, 5) is 35.4. The molecule has 0 amide bonds. The zero-order valence-corrected chi connectivity index (χ0v) is 13.2. The summed E-state index contributed by atoms with van der Waals surface area (Å²) in [5, 5.41) is 1.37. The van der Waals surface area contributed by atoms with E-state index in [2.05, 4.69) is 4.52 Å². The van der Waals surface area contributed by atoms with Gasteiger partial charge < -0.3 is 4.52 Å². The van der Waals surface area contributed by atoms with E-state index in [0.717, 1.165) is 25.7 Å². The van der Waals surface area contributed by atoms with E-state index in [1.165, 1.54) is 12.0 Å². The van der Waals surface area contributed by atoms with Crippen LogP contribution in [-0.2, 0) is 18.7 Å². The van der Waals surface area contributed by atoms with E-state index in [9.17, 15) is 9.36 Å². The Morgan fingerprint density at radius 2 is 1.86 bits per heavy atom. The molecule has 2 rings (SSSR count). The molecular weight excluding hydrogens is 309 g/mol. The molecule has 0 unspecified atom stereocenters. The molecule has 0 bridgehead atoms. The number of rotatable bonds is 6. The van der Waals surface area contributed by atoms with Gasteiger partial charge in [0.15, 0.2) is 6.04 Å². The monoisotopic (exact) mass is 329 g/mol. The number of hydrogen-bond donors (Lipinski definition) is 2. The van der Waals surface area contributed by atoms with E-state index in [4.69, 9.17) is 14.6 Å². The van der Waals surface area contributed by atoms with Crippen molar-refractivity contribution in [1.29, 1.82) is 0 Å². The average Bonchev–Trinajstić information content (AvgIpc) is 2.96. The van der Waals surface area contributed by atoms with Gasteiger partial charge in [0, 0.05) is 0 Å². The molecule has 8 heteroatoms. The summed E-state index contributed by atoms with van der Waals surface area (Å²) in [7, 11) is -4.87. The Bertz CT molecular complexity index is 540. The van der Waals surface area contributed by atoms with Crippen molar-refractivity contribution in [1.82, 2.24) is 0 Å². The standard InChI is InChI=1S/C14H20NO6P/c1-11(14(16)21-22(17,18)19)15(12-7-3-2-4-8-12)20-13-9-5-6-10-13/h2-4,7-8,11,13H,5-6,9-10H2,1H3,(H2,17,18,19)/t11-/m0/s1. The van der Waals surface area contributed by atoms with Crippen molar-refractivity contribution in [3.8, 4) is 0 Å². The number of para-hydroxylation sites is 1. The van der Waals surface area contributed by atoms with Crippen LogP contribution in [0.3, 0.4) is 0 Å². The third-order valence-corrected chi connectivity index (χ3v) is 3.90. The van der Waals surface area contributed by atoms with Crippen molar-refractivity contribution in [2.45, 2.75) is 44.8 Å². The van der Waals surface area contributed by atoms with Gasteiger partial charge in [-0.3, -0.25) is 14.6 Å². The molecule has 122 valence electrons. The maximum absolute atomic E-state index is 11.9. The molecule has 0 heterocycles. The van der Waals surface area contributed by atoms with Gasteiger partial charge in [-0.1, -0.05) is 31.0 Å². The molecule has 1 saturated carbocycles. The first kappa shape index (κ1) is 17.0. The molecule has 1 aliphatic carbocycles. The van der Waals surface area contributed by atoms with Crippen molar-refractivity contribution in [2.75, 3.05) is 5.06 Å². The van der Waals surface area contributed by atoms with Crippen molar-refractivity contribution < 1.29 is 28.5 Å². The SMILES string of the molecule is C[C@@H](C(=O)OP(=O)(O)O)N(OC1CCCC1)c1ccccc1. The summed E-state index contributed by atoms with van der Waals surface area (Å²) in [6.45, 7) is 1.49. The number of carbonyl (C=O) groups excluding carboxylic acids is 1. The van der Waals surface area contributed by atoms with Crippen LogP contribution in [0.25, 0.3) is 0 Å². The van der Waals surface area contributed by atoms with Crippen molar-refractivity contribution in [2.24, 2.45) is 0 Å². The van der Waals surface area contributed by atoms with Crippen molar-refractivity contribution in [3.05, 3.63) is 30.3 Å². The molecule has 22 heavy (non-hydrogen) atoms. The predicted octanol–water partition coefficient (Wildman–Crippen LogP) is 2.39. The lowest BCUT2D eigenvalue weighted by molar-refractivity contribution is -0.139. The highest BCUT2D eigenvalue weighted by molar-refractivity contribution is 7.46. The molecule has 0 aromatic heterocycles. The molecule has 1 aromatic carbocycles. The second-order valence-electron chi connectivity index (χ2n) is 5.25. The molecule has 0 spiro atoms. The van der Waals surface area contributed by atoms with Crippen LogP contribution >= 0.6 is 7.82 Å². The summed E-state index contributed by atoms with van der Waals surface area (Å²) < 4.78 is 15.0. The summed E-state index contributed by atoms with van der Waals surface area (Å²) in [6, 6.07) is 7.96. The third-order valence-electron chi connectivity index (χ3n) is 3.48. The van der Waals surface area contributed by atoms with Gasteiger partial charge in [-0.05, 0) is 31.9 Å². The van der Waals surface area contributed by atoms with E-state index in [1.54, 1.807) is 24.3 Å². The minimum Gasteiger partial charge on any atom is -0.369 e. The highest BCUT2D eigenvalue weighted by Crippen LogP contribution is 2.37. The number of hydroxylamine groups is 1. The van der Waals surface area contributed by atoms with Crippen LogP contribution in [0.4, 0.5) is 5.69 Å². The Hall–Kier alpha value is -1.40. The summed E-state index contributed by atoms with van der Waals surface area (Å²) in [5.41, 5.74) is 0.629. The molecule has 7 nitrogen and oxygen atoms in total. The van der Waals surface area contributed by atoms with Crippen LogP contribution in [0.5, 0.6) is 0 Å². The first-order valence-corrected chi connectivity index (χ1v) is 8.70. The zero-order chi connectivity index (χ0) is 16.2. The molecule has 0 saturated heterocycles. The third kappa shape index (κ3) is 4.81. The molecule has 1 atom stereocenters. The van der Waals surface area contributed by atoms with E-state index < -0.39 is 19.8 Å². The number of carbonyl (C=O) groups is 1. The minimum absolute atomic E-state index is 0.00878. The first-order valence-electron chi connectivity index (χ1n) is 7.17. The Morgan fingerprint density at radius 3 is 2.41 bits per heavy atom. The summed E-state index contributed by atoms with van der Waals surface area (Å²) in [5.74, 6) is -1.03. The lowest BCUT2D eigenvalue weighted by Gasteiger charge is -2.31. The Kier molecular flexibility index (Phi) is 5.58. The van der Waals surface area contributed by atoms with Gasteiger partial charge in [-0.25, -0.2) is 14.4 Å². The maximum atomic E-state index is 11.9. The molecule has 0 radical (unpaired) electrons. The molecule has 1 aliphatic rings. The van der Waals surface area contributed by atoms with E-state index in [1.807, 2.05) is 6.07 Å². The maximum Gasteiger partial charge on any atom is 0.527 e. The fourth-order valence-electron chi connectivity index (χ4n) is 2.39. The Labute approximate surface area is 129 Å². The normalized spacial score (nSPS) is 17.2. The largest absolute Gasteiger partial charge is 0.527 e. The van der Waals surface area contributed by atoms with Gasteiger partial charge in [0.2, 0.25) is 0 Å². The first-order chi connectivity index (χ1) is 10.4. The molecule has 1 fully saturated rings. The van der Waals surface area contributed by atoms with E-state index >= 15 is 0 Å². The number of hydrogen-bond acceptors (Lipinski definition) is 5. The van der Waals surface area contributed by atoms with Crippen LogP contribution < -0.4 is 5.06 Å². The molecule has 0 aliphatic heterocycles. The Balaban J connectivity index is 2.15. The van der Waals surface area contributed by atoms with Crippen LogP contribution in [-0.4, -0.2) is 27.9 Å². The fourth-order valence-corrected chi connectivity index (χ4v) is 2.78. The predicted molar refractivity (Wildman–Crippen MR) is 79.9 cm³/mol. The van der Waals surface area contributed by atoms with Crippen LogP contribution in [0.1, 0.15) is 32.6 Å². The number of phosphoric ester groups is 1. The van der Waals surface area contributed by atoms with Gasteiger partial charge in [-0.15, -0.1) is 0 Å². The lowest BCUT2D eigenvalue weighted by Crippen LogP contribution is -2.42. The number of phosphoric acid groups is 1. The molecular formula is C14H20NO6P.